The molecule has 0 saturated carbocycles. The SMILES string of the molecule is ClC1=NC(c2cccs2)C=C(c2nccs2)N1. The Kier molecular flexibility index (Phi) is 2.96. The Morgan fingerprint density at radius 3 is 2.94 bits per heavy atom. The van der Waals surface area contributed by atoms with E-state index in [-0.39, 0.29) is 6.04 Å². The lowest BCUT2D eigenvalue weighted by Gasteiger charge is -2.17. The summed E-state index contributed by atoms with van der Waals surface area (Å²) in [5.74, 6) is 0. The fraction of sp³-hybridized carbons (Fsp3) is 0.0909. The summed E-state index contributed by atoms with van der Waals surface area (Å²) in [6.45, 7) is 0. The van der Waals surface area contributed by atoms with Crippen LogP contribution in [0.5, 0.6) is 0 Å². The minimum Gasteiger partial charge on any atom is -0.328 e. The van der Waals surface area contributed by atoms with Gasteiger partial charge in [0.25, 0.3) is 0 Å². The molecule has 3 rings (SSSR count). The summed E-state index contributed by atoms with van der Waals surface area (Å²) in [6.07, 6.45) is 3.83. The minimum absolute atomic E-state index is 0.0114. The number of rotatable bonds is 2. The summed E-state index contributed by atoms with van der Waals surface area (Å²) in [7, 11) is 0. The molecule has 2 aromatic rings. The van der Waals surface area contributed by atoms with Crippen LogP contribution < -0.4 is 5.32 Å². The van der Waals surface area contributed by atoms with E-state index in [0.29, 0.717) is 5.29 Å². The van der Waals surface area contributed by atoms with Crippen LogP contribution in [0, 0.1) is 0 Å². The monoisotopic (exact) mass is 281 g/mol. The highest BCUT2D eigenvalue weighted by Gasteiger charge is 2.18. The number of amidine groups is 1. The topological polar surface area (TPSA) is 37.3 Å². The minimum atomic E-state index is -0.0114. The molecule has 1 aliphatic heterocycles. The van der Waals surface area contributed by atoms with Gasteiger partial charge in [0.15, 0.2) is 5.29 Å². The van der Waals surface area contributed by atoms with Crippen LogP contribution in [0.15, 0.2) is 40.2 Å². The number of thiazole rings is 1. The summed E-state index contributed by atoms with van der Waals surface area (Å²) < 4.78 is 0. The number of thiophene rings is 1. The fourth-order valence-corrected chi connectivity index (χ4v) is 3.15. The molecule has 0 fully saturated rings. The third kappa shape index (κ3) is 2.26. The lowest BCUT2D eigenvalue weighted by atomic mass is 10.2. The molecular weight excluding hydrogens is 274 g/mol. The molecule has 3 nitrogen and oxygen atoms in total. The van der Waals surface area contributed by atoms with Gasteiger partial charge in [0.05, 0.1) is 5.70 Å². The second-order valence-corrected chi connectivity index (χ2v) is 5.65. The number of halogens is 1. The first-order chi connectivity index (χ1) is 8.33. The van der Waals surface area contributed by atoms with E-state index in [2.05, 4.69) is 27.4 Å². The second-order valence-electron chi connectivity index (χ2n) is 3.42. The van der Waals surface area contributed by atoms with Crippen LogP contribution >= 0.6 is 34.3 Å². The quantitative estimate of drug-likeness (QED) is 0.856. The van der Waals surface area contributed by atoms with E-state index in [9.17, 15) is 0 Å². The van der Waals surface area contributed by atoms with Crippen LogP contribution in [0.2, 0.25) is 0 Å². The first-order valence-corrected chi connectivity index (χ1v) is 7.12. The molecule has 17 heavy (non-hydrogen) atoms. The van der Waals surface area contributed by atoms with Gasteiger partial charge in [-0.05, 0) is 29.1 Å². The maximum absolute atomic E-state index is 6.02. The van der Waals surface area contributed by atoms with E-state index >= 15 is 0 Å². The number of hydrogen-bond acceptors (Lipinski definition) is 5. The molecule has 1 aliphatic rings. The van der Waals surface area contributed by atoms with Gasteiger partial charge in [0, 0.05) is 16.5 Å². The predicted molar refractivity (Wildman–Crippen MR) is 73.6 cm³/mol. The molecule has 0 bridgehead atoms. The van der Waals surface area contributed by atoms with Gasteiger partial charge in [-0.3, -0.25) is 0 Å². The van der Waals surface area contributed by atoms with E-state index < -0.39 is 0 Å². The van der Waals surface area contributed by atoms with Crippen LogP contribution in [0.4, 0.5) is 0 Å². The fourth-order valence-electron chi connectivity index (χ4n) is 1.59. The van der Waals surface area contributed by atoms with E-state index in [4.69, 9.17) is 11.6 Å². The van der Waals surface area contributed by atoms with E-state index in [0.717, 1.165) is 10.7 Å². The van der Waals surface area contributed by atoms with Gasteiger partial charge in [-0.15, -0.1) is 22.7 Å². The van der Waals surface area contributed by atoms with Crippen LogP contribution in [-0.4, -0.2) is 10.3 Å². The number of aliphatic imine (C=N–C) groups is 1. The summed E-state index contributed by atoms with van der Waals surface area (Å²) in [4.78, 5) is 9.81. The molecule has 86 valence electrons. The third-order valence-electron chi connectivity index (χ3n) is 2.31. The molecule has 1 unspecified atom stereocenters. The Hall–Kier alpha value is -1.17. The van der Waals surface area contributed by atoms with Crippen molar-refractivity contribution in [3.63, 3.8) is 0 Å². The summed E-state index contributed by atoms with van der Waals surface area (Å²) in [5, 5.41) is 8.36. The first-order valence-electron chi connectivity index (χ1n) is 4.98. The summed E-state index contributed by atoms with van der Waals surface area (Å²) >= 11 is 9.27. The molecule has 1 N–H and O–H groups in total. The van der Waals surface area contributed by atoms with Crippen molar-refractivity contribution in [1.29, 1.82) is 0 Å². The van der Waals surface area contributed by atoms with Crippen molar-refractivity contribution in [2.24, 2.45) is 4.99 Å². The van der Waals surface area contributed by atoms with Crippen LogP contribution in [0.25, 0.3) is 5.70 Å². The summed E-state index contributed by atoms with van der Waals surface area (Å²) in [6, 6.07) is 4.06. The van der Waals surface area contributed by atoms with Crippen molar-refractivity contribution in [2.45, 2.75) is 6.04 Å². The number of hydrogen-bond donors (Lipinski definition) is 1. The second kappa shape index (κ2) is 4.60. The molecule has 0 amide bonds. The van der Waals surface area contributed by atoms with E-state index in [1.165, 1.54) is 4.88 Å². The van der Waals surface area contributed by atoms with Gasteiger partial charge in [0.1, 0.15) is 11.0 Å². The van der Waals surface area contributed by atoms with Gasteiger partial charge in [-0.2, -0.15) is 0 Å². The lowest BCUT2D eigenvalue weighted by Crippen LogP contribution is -2.21. The van der Waals surface area contributed by atoms with E-state index in [1.807, 2.05) is 16.8 Å². The Bertz CT molecular complexity index is 558. The van der Waals surface area contributed by atoms with Gasteiger partial charge < -0.3 is 5.32 Å². The van der Waals surface area contributed by atoms with Crippen molar-refractivity contribution in [3.8, 4) is 0 Å². The molecular formula is C11H8ClN3S2. The van der Waals surface area contributed by atoms with Gasteiger partial charge in [-0.25, -0.2) is 9.98 Å². The van der Waals surface area contributed by atoms with Gasteiger partial charge >= 0.3 is 0 Å². The molecule has 1 atom stereocenters. The smallest absolute Gasteiger partial charge is 0.196 e. The van der Waals surface area contributed by atoms with Crippen molar-refractivity contribution in [3.05, 3.63) is 45.1 Å². The molecule has 0 aliphatic carbocycles. The number of aromatic nitrogens is 1. The Labute approximate surface area is 112 Å². The molecule has 6 heteroatoms. The van der Waals surface area contributed by atoms with Crippen LogP contribution in [0.1, 0.15) is 15.9 Å². The van der Waals surface area contributed by atoms with Crippen molar-refractivity contribution >= 4 is 45.3 Å². The van der Waals surface area contributed by atoms with Crippen LogP contribution in [-0.2, 0) is 0 Å². The average Bonchev–Trinajstić information content (AvgIpc) is 3.02. The zero-order valence-electron chi connectivity index (χ0n) is 8.63. The van der Waals surface area contributed by atoms with Gasteiger partial charge in [0.2, 0.25) is 0 Å². The predicted octanol–water partition coefficient (Wildman–Crippen LogP) is 3.48. The standard InChI is InChI=1S/C11H8ClN3S2/c12-11-14-7(9-2-1-4-16-9)6-8(15-11)10-13-3-5-17-10/h1-7H,(H,14,15). The van der Waals surface area contributed by atoms with Crippen LogP contribution in [0.3, 0.4) is 0 Å². The molecule has 0 saturated heterocycles. The van der Waals surface area contributed by atoms with Crippen molar-refractivity contribution in [2.75, 3.05) is 0 Å². The Morgan fingerprint density at radius 1 is 1.29 bits per heavy atom. The number of nitrogens with one attached hydrogen (secondary N) is 1. The lowest BCUT2D eigenvalue weighted by molar-refractivity contribution is 0.907. The highest BCUT2D eigenvalue weighted by atomic mass is 35.5. The number of nitrogens with zero attached hydrogens (tertiary/aromatic N) is 2. The van der Waals surface area contributed by atoms with Crippen molar-refractivity contribution in [1.82, 2.24) is 10.3 Å². The molecule has 2 aromatic heterocycles. The molecule has 0 radical (unpaired) electrons. The Morgan fingerprint density at radius 2 is 2.24 bits per heavy atom. The maximum Gasteiger partial charge on any atom is 0.196 e. The van der Waals surface area contributed by atoms with E-state index in [1.54, 1.807) is 28.9 Å². The highest BCUT2D eigenvalue weighted by Crippen LogP contribution is 2.30. The van der Waals surface area contributed by atoms with Gasteiger partial charge in [-0.1, -0.05) is 6.07 Å². The molecule has 3 heterocycles. The Balaban J connectivity index is 1.97. The zero-order chi connectivity index (χ0) is 11.7. The summed E-state index contributed by atoms with van der Waals surface area (Å²) in [5.41, 5.74) is 0.929. The van der Waals surface area contributed by atoms with Crippen molar-refractivity contribution < 1.29 is 0 Å². The zero-order valence-corrected chi connectivity index (χ0v) is 11.0. The average molecular weight is 282 g/mol. The highest BCUT2D eigenvalue weighted by molar-refractivity contribution is 7.10. The molecule has 0 spiro atoms. The first kappa shape index (κ1) is 11.0. The molecule has 0 aromatic carbocycles. The normalized spacial score (nSPS) is 19.5. The third-order valence-corrected chi connectivity index (χ3v) is 4.25. The maximum atomic E-state index is 6.02. The largest absolute Gasteiger partial charge is 0.328 e.